The summed E-state index contributed by atoms with van der Waals surface area (Å²) in [5, 5.41) is 11.5. The molecule has 0 radical (unpaired) electrons. The fourth-order valence-electron chi connectivity index (χ4n) is 1.57. The number of aliphatic carboxylic acids is 1. The normalized spacial score (nSPS) is 11.9. The highest BCUT2D eigenvalue weighted by Crippen LogP contribution is 2.05. The molecule has 1 rings (SSSR count). The van der Waals surface area contributed by atoms with Gasteiger partial charge in [-0.1, -0.05) is 6.92 Å². The Hall–Kier alpha value is -1.95. The molecule has 6 heteroatoms. The maximum atomic E-state index is 11.8. The summed E-state index contributed by atoms with van der Waals surface area (Å²) in [6.45, 7) is 2.40. The summed E-state index contributed by atoms with van der Waals surface area (Å²) in [6, 6.07) is 3.27. The van der Waals surface area contributed by atoms with E-state index in [0.717, 1.165) is 0 Å². The molecule has 1 heterocycles. The van der Waals surface area contributed by atoms with Gasteiger partial charge in [0.05, 0.1) is 11.6 Å². The Kier molecular flexibility index (Phi) is 5.95. The summed E-state index contributed by atoms with van der Waals surface area (Å²) in [4.78, 5) is 26.4. The molecule has 0 fully saturated rings. The van der Waals surface area contributed by atoms with Gasteiger partial charge in [-0.3, -0.25) is 14.6 Å². The molecular formula is C13H19N3O3. The van der Waals surface area contributed by atoms with Crippen molar-refractivity contribution in [2.45, 2.75) is 26.3 Å². The lowest BCUT2D eigenvalue weighted by Gasteiger charge is -2.08. The molecule has 0 aromatic carbocycles. The van der Waals surface area contributed by atoms with Gasteiger partial charge in [0.15, 0.2) is 0 Å². The van der Waals surface area contributed by atoms with Gasteiger partial charge in [-0.05, 0) is 25.0 Å². The number of carboxylic acid groups (broad SMARTS) is 1. The van der Waals surface area contributed by atoms with Gasteiger partial charge in [0.2, 0.25) is 0 Å². The molecule has 0 bridgehead atoms. The molecule has 0 aliphatic heterocycles. The molecule has 4 N–H and O–H groups in total. The van der Waals surface area contributed by atoms with Gasteiger partial charge in [-0.2, -0.15) is 0 Å². The number of carboxylic acids is 1. The van der Waals surface area contributed by atoms with Gasteiger partial charge >= 0.3 is 5.97 Å². The minimum atomic E-state index is -0.812. The minimum Gasteiger partial charge on any atom is -0.481 e. The van der Waals surface area contributed by atoms with Crippen molar-refractivity contribution in [1.82, 2.24) is 10.3 Å². The molecule has 19 heavy (non-hydrogen) atoms. The Morgan fingerprint density at radius 3 is 2.89 bits per heavy atom. The van der Waals surface area contributed by atoms with Gasteiger partial charge in [0, 0.05) is 24.8 Å². The molecular weight excluding hydrogens is 246 g/mol. The SMILES string of the molecule is CC(CCCNC(=O)c1ccnc(CN)c1)C(=O)O. The molecule has 1 amide bonds. The van der Waals surface area contributed by atoms with Crippen LogP contribution in [0.1, 0.15) is 35.8 Å². The van der Waals surface area contributed by atoms with Crippen LogP contribution in [0.5, 0.6) is 0 Å². The monoisotopic (exact) mass is 265 g/mol. The van der Waals surface area contributed by atoms with Gasteiger partial charge in [0.1, 0.15) is 0 Å². The molecule has 1 unspecified atom stereocenters. The second-order valence-electron chi connectivity index (χ2n) is 4.38. The van der Waals surface area contributed by atoms with Crippen LogP contribution in [0.3, 0.4) is 0 Å². The van der Waals surface area contributed by atoms with Crippen molar-refractivity contribution in [3.63, 3.8) is 0 Å². The van der Waals surface area contributed by atoms with Crippen molar-refractivity contribution in [2.75, 3.05) is 6.54 Å². The Labute approximate surface area is 112 Å². The first-order valence-corrected chi connectivity index (χ1v) is 6.20. The van der Waals surface area contributed by atoms with Crippen LogP contribution in [0.4, 0.5) is 0 Å². The van der Waals surface area contributed by atoms with Crippen molar-refractivity contribution in [3.8, 4) is 0 Å². The zero-order chi connectivity index (χ0) is 14.3. The Morgan fingerprint density at radius 1 is 1.53 bits per heavy atom. The smallest absolute Gasteiger partial charge is 0.306 e. The molecule has 0 aliphatic carbocycles. The highest BCUT2D eigenvalue weighted by Gasteiger charge is 2.10. The second kappa shape index (κ2) is 7.48. The molecule has 104 valence electrons. The average Bonchev–Trinajstić information content (AvgIpc) is 2.42. The van der Waals surface area contributed by atoms with Crippen LogP contribution in [0, 0.1) is 5.92 Å². The van der Waals surface area contributed by atoms with E-state index in [9.17, 15) is 9.59 Å². The average molecular weight is 265 g/mol. The molecule has 1 aromatic rings. The molecule has 0 saturated heterocycles. The first-order chi connectivity index (χ1) is 9.04. The summed E-state index contributed by atoms with van der Waals surface area (Å²) >= 11 is 0. The number of nitrogens with two attached hydrogens (primary N) is 1. The summed E-state index contributed by atoms with van der Waals surface area (Å²) in [7, 11) is 0. The highest BCUT2D eigenvalue weighted by molar-refractivity contribution is 5.94. The van der Waals surface area contributed by atoms with Crippen LogP contribution in [0.25, 0.3) is 0 Å². The van der Waals surface area contributed by atoms with Gasteiger partial charge < -0.3 is 16.2 Å². The van der Waals surface area contributed by atoms with Crippen molar-refractivity contribution >= 4 is 11.9 Å². The number of nitrogens with one attached hydrogen (secondary N) is 1. The number of carbonyl (C=O) groups is 2. The standard InChI is InChI=1S/C13H19N3O3/c1-9(13(18)19)3-2-5-16-12(17)10-4-6-15-11(7-10)8-14/h4,6-7,9H,2-3,5,8,14H2,1H3,(H,16,17)(H,18,19). The molecule has 1 atom stereocenters. The first-order valence-electron chi connectivity index (χ1n) is 6.20. The van der Waals surface area contributed by atoms with E-state index in [1.165, 1.54) is 0 Å². The number of amides is 1. The van der Waals surface area contributed by atoms with Crippen molar-refractivity contribution in [1.29, 1.82) is 0 Å². The van der Waals surface area contributed by atoms with E-state index in [1.54, 1.807) is 25.3 Å². The van der Waals surface area contributed by atoms with E-state index >= 15 is 0 Å². The molecule has 0 aliphatic rings. The predicted octanol–water partition coefficient (Wildman–Crippen LogP) is 0.771. The predicted molar refractivity (Wildman–Crippen MR) is 70.5 cm³/mol. The van der Waals surface area contributed by atoms with E-state index in [1.807, 2.05) is 0 Å². The third-order valence-corrected chi connectivity index (χ3v) is 2.81. The number of rotatable bonds is 7. The van der Waals surface area contributed by atoms with Gasteiger partial charge in [-0.25, -0.2) is 0 Å². The lowest BCUT2D eigenvalue weighted by molar-refractivity contribution is -0.141. The van der Waals surface area contributed by atoms with Crippen molar-refractivity contribution in [3.05, 3.63) is 29.6 Å². The zero-order valence-electron chi connectivity index (χ0n) is 10.9. The fraction of sp³-hybridized carbons (Fsp3) is 0.462. The zero-order valence-corrected chi connectivity index (χ0v) is 10.9. The van der Waals surface area contributed by atoms with Crippen LogP contribution in [0.15, 0.2) is 18.3 Å². The van der Waals surface area contributed by atoms with Crippen molar-refractivity contribution < 1.29 is 14.7 Å². The fourth-order valence-corrected chi connectivity index (χ4v) is 1.57. The van der Waals surface area contributed by atoms with E-state index in [4.69, 9.17) is 10.8 Å². The van der Waals surface area contributed by atoms with E-state index < -0.39 is 5.97 Å². The Morgan fingerprint density at radius 2 is 2.26 bits per heavy atom. The van der Waals surface area contributed by atoms with Gasteiger partial charge in [-0.15, -0.1) is 0 Å². The van der Waals surface area contributed by atoms with E-state index in [2.05, 4.69) is 10.3 Å². The topological polar surface area (TPSA) is 105 Å². The Balaban J connectivity index is 2.37. The van der Waals surface area contributed by atoms with E-state index in [-0.39, 0.29) is 18.4 Å². The third kappa shape index (κ3) is 5.05. The maximum Gasteiger partial charge on any atom is 0.306 e. The van der Waals surface area contributed by atoms with Crippen LogP contribution in [0.2, 0.25) is 0 Å². The summed E-state index contributed by atoms with van der Waals surface area (Å²) in [5.74, 6) is -1.39. The molecule has 0 saturated carbocycles. The minimum absolute atomic E-state index is 0.194. The summed E-state index contributed by atoms with van der Waals surface area (Å²) in [5.41, 5.74) is 6.63. The number of aromatic nitrogens is 1. The summed E-state index contributed by atoms with van der Waals surface area (Å²) in [6.07, 6.45) is 2.72. The van der Waals surface area contributed by atoms with Crippen LogP contribution in [-0.2, 0) is 11.3 Å². The van der Waals surface area contributed by atoms with Crippen LogP contribution in [-0.4, -0.2) is 28.5 Å². The summed E-state index contributed by atoms with van der Waals surface area (Å²) < 4.78 is 0. The van der Waals surface area contributed by atoms with E-state index in [0.29, 0.717) is 30.6 Å². The largest absolute Gasteiger partial charge is 0.481 e. The van der Waals surface area contributed by atoms with Crippen molar-refractivity contribution in [2.24, 2.45) is 11.7 Å². The highest BCUT2D eigenvalue weighted by atomic mass is 16.4. The second-order valence-corrected chi connectivity index (χ2v) is 4.38. The molecule has 0 spiro atoms. The maximum absolute atomic E-state index is 11.8. The first kappa shape index (κ1) is 15.1. The number of pyridine rings is 1. The number of carbonyl (C=O) groups excluding carboxylic acids is 1. The van der Waals surface area contributed by atoms with Gasteiger partial charge in [0.25, 0.3) is 5.91 Å². The third-order valence-electron chi connectivity index (χ3n) is 2.81. The lowest BCUT2D eigenvalue weighted by Crippen LogP contribution is -2.25. The molecule has 6 nitrogen and oxygen atoms in total. The Bertz CT molecular complexity index is 449. The molecule has 1 aromatic heterocycles. The van der Waals surface area contributed by atoms with Crippen LogP contribution >= 0.6 is 0 Å². The quantitative estimate of drug-likeness (QED) is 0.631. The van der Waals surface area contributed by atoms with Crippen LogP contribution < -0.4 is 11.1 Å². The number of nitrogens with zero attached hydrogens (tertiary/aromatic N) is 1. The number of hydrogen-bond donors (Lipinski definition) is 3. The lowest BCUT2D eigenvalue weighted by atomic mass is 10.1. The number of hydrogen-bond acceptors (Lipinski definition) is 4.